The molecule has 2 rings (SSSR count). The first kappa shape index (κ1) is 15.6. The van der Waals surface area contributed by atoms with Crippen molar-refractivity contribution in [2.45, 2.75) is 17.4 Å². The molecule has 12 heteroatoms. The molecule has 0 aromatic carbocycles. The van der Waals surface area contributed by atoms with Crippen LogP contribution >= 0.6 is 87.4 Å². The van der Waals surface area contributed by atoms with E-state index in [-0.39, 0.29) is 0 Å². The number of nitrogens with zero attached hydrogens (tertiary/aromatic N) is 4. The van der Waals surface area contributed by atoms with Crippen LogP contribution in [0.1, 0.15) is 0 Å². The van der Waals surface area contributed by atoms with Gasteiger partial charge in [0.05, 0.1) is 0 Å². The third-order valence-electron chi connectivity index (χ3n) is 1.27. The van der Waals surface area contributed by atoms with Crippen LogP contribution in [0.5, 0.6) is 0 Å². The van der Waals surface area contributed by atoms with E-state index in [0.29, 0.717) is 0 Å². The van der Waals surface area contributed by atoms with Gasteiger partial charge in [0.2, 0.25) is 0 Å². The maximum atomic E-state index is 4.12. The molecule has 0 atom stereocenters. The first-order valence-corrected chi connectivity index (χ1v) is 13.1. The third-order valence-corrected chi connectivity index (χ3v) is 10.0. The van der Waals surface area contributed by atoms with Gasteiger partial charge in [-0.1, -0.05) is 44.3 Å². The van der Waals surface area contributed by atoms with Crippen LogP contribution in [0.15, 0.2) is 17.4 Å². The Labute approximate surface area is 136 Å². The van der Waals surface area contributed by atoms with Gasteiger partial charge in [0, 0.05) is 0 Å². The normalized spacial score (nSPS) is 11.0. The molecule has 0 aliphatic rings. The fraction of sp³-hybridized carbons (Fsp3) is 0.333. The van der Waals surface area contributed by atoms with Crippen LogP contribution in [0.4, 0.5) is 0 Å². The van der Waals surface area contributed by atoms with Crippen molar-refractivity contribution in [2.75, 3.05) is 12.5 Å². The highest BCUT2D eigenvalue weighted by Gasteiger charge is 2.09. The molecule has 2 aromatic rings. The quantitative estimate of drug-likeness (QED) is 0.608. The zero-order valence-corrected chi connectivity index (χ0v) is 15.6. The van der Waals surface area contributed by atoms with E-state index in [1.807, 2.05) is 12.5 Å². The van der Waals surface area contributed by atoms with Crippen molar-refractivity contribution in [1.82, 2.24) is 20.4 Å². The van der Waals surface area contributed by atoms with E-state index in [1.165, 1.54) is 0 Å². The van der Waals surface area contributed by atoms with Gasteiger partial charge < -0.3 is 0 Å². The Balaban J connectivity index is 1.85. The molecular formula is C6H6N4S8. The average Bonchev–Trinajstić information content (AvgIpc) is 2.97. The first-order valence-electron chi connectivity index (χ1n) is 4.24. The summed E-state index contributed by atoms with van der Waals surface area (Å²) in [6.07, 6.45) is 4.06. The molecule has 0 saturated heterocycles. The van der Waals surface area contributed by atoms with Crippen molar-refractivity contribution in [2.24, 2.45) is 0 Å². The number of hydrogen-bond acceptors (Lipinski definition) is 12. The molecule has 0 unspecified atom stereocenters. The van der Waals surface area contributed by atoms with Crippen molar-refractivity contribution in [3.63, 3.8) is 0 Å². The van der Waals surface area contributed by atoms with Crippen LogP contribution in [0.3, 0.4) is 0 Å². The molecule has 2 heterocycles. The minimum absolute atomic E-state index is 0.950. The largest absolute Gasteiger partial charge is 0.186 e. The predicted octanol–water partition coefficient (Wildman–Crippen LogP) is 4.93. The highest BCUT2D eigenvalue weighted by Crippen LogP contribution is 2.44. The highest BCUT2D eigenvalue weighted by molar-refractivity contribution is 8.78. The summed E-state index contributed by atoms with van der Waals surface area (Å²) in [5.41, 5.74) is 0. The van der Waals surface area contributed by atoms with Gasteiger partial charge in [-0.25, -0.2) is 0 Å². The van der Waals surface area contributed by atoms with Gasteiger partial charge in [-0.05, 0) is 55.7 Å². The first-order chi connectivity index (χ1) is 8.81. The zero-order valence-electron chi connectivity index (χ0n) is 9.05. The Morgan fingerprint density at radius 3 is 1.28 bits per heavy atom. The molecular weight excluding hydrogens is 385 g/mol. The lowest BCUT2D eigenvalue weighted by molar-refractivity contribution is 0.956. The van der Waals surface area contributed by atoms with Crippen LogP contribution in [0.25, 0.3) is 0 Å². The molecule has 0 amide bonds. The Kier molecular flexibility index (Phi) is 7.36. The molecule has 18 heavy (non-hydrogen) atoms. The van der Waals surface area contributed by atoms with Crippen molar-refractivity contribution < 1.29 is 0 Å². The molecule has 0 saturated carbocycles. The lowest BCUT2D eigenvalue weighted by atomic mass is 11.6. The monoisotopic (exact) mass is 390 g/mol. The second-order valence-corrected chi connectivity index (χ2v) is 12.2. The van der Waals surface area contributed by atoms with Crippen LogP contribution in [0.2, 0.25) is 0 Å². The molecule has 0 fully saturated rings. The van der Waals surface area contributed by atoms with Crippen LogP contribution < -0.4 is 0 Å². The Bertz CT molecular complexity index is 439. The molecule has 0 bridgehead atoms. The Hall–Kier alpha value is 1.22. The predicted molar refractivity (Wildman–Crippen MR) is 90.3 cm³/mol. The summed E-state index contributed by atoms with van der Waals surface area (Å²) in [6, 6.07) is 0. The van der Waals surface area contributed by atoms with Gasteiger partial charge in [0.15, 0.2) is 17.4 Å². The maximum Gasteiger partial charge on any atom is 0.186 e. The summed E-state index contributed by atoms with van der Waals surface area (Å²) in [7, 11) is 9.79. The van der Waals surface area contributed by atoms with E-state index in [4.69, 9.17) is 0 Å². The Morgan fingerprint density at radius 1 is 0.611 bits per heavy atom. The lowest BCUT2D eigenvalue weighted by Crippen LogP contribution is -1.69. The minimum Gasteiger partial charge on any atom is -0.130 e. The van der Waals surface area contributed by atoms with Gasteiger partial charge in [0.1, 0.15) is 0 Å². The summed E-state index contributed by atoms with van der Waals surface area (Å²) in [4.78, 5) is 0. The second-order valence-electron chi connectivity index (χ2n) is 2.33. The minimum atomic E-state index is 0.950. The summed E-state index contributed by atoms with van der Waals surface area (Å²) >= 11 is 3.21. The smallest absolute Gasteiger partial charge is 0.130 e. The second kappa shape index (κ2) is 8.49. The van der Waals surface area contributed by atoms with Crippen molar-refractivity contribution >= 4 is 87.4 Å². The van der Waals surface area contributed by atoms with E-state index in [9.17, 15) is 0 Å². The summed E-state index contributed by atoms with van der Waals surface area (Å²) in [5.74, 6) is 0. The van der Waals surface area contributed by atoms with E-state index in [0.717, 1.165) is 17.4 Å². The van der Waals surface area contributed by atoms with E-state index < -0.39 is 0 Å². The summed E-state index contributed by atoms with van der Waals surface area (Å²) in [5, 5.41) is 16.4. The summed E-state index contributed by atoms with van der Waals surface area (Å²) < 4.78 is 3.87. The van der Waals surface area contributed by atoms with Gasteiger partial charge in [-0.15, -0.1) is 20.4 Å². The average molecular weight is 391 g/mol. The fourth-order valence-electron chi connectivity index (χ4n) is 0.743. The van der Waals surface area contributed by atoms with E-state index in [1.54, 1.807) is 87.4 Å². The van der Waals surface area contributed by atoms with Gasteiger partial charge in [0.25, 0.3) is 0 Å². The number of hydrogen-bond donors (Lipinski definition) is 0. The van der Waals surface area contributed by atoms with Crippen LogP contribution in [-0.4, -0.2) is 32.9 Å². The highest BCUT2D eigenvalue weighted by atomic mass is 33.1. The standard InChI is InChI=1S/C6H6N4S8/c1-11-15-3-7-9-5(13-3)17-18-6-10-8-4(14-6)16-12-2/h1-2H3. The number of rotatable bonds is 7. The topological polar surface area (TPSA) is 51.6 Å². The third kappa shape index (κ3) is 4.96. The molecule has 0 aliphatic heterocycles. The molecule has 0 aliphatic carbocycles. The molecule has 4 nitrogen and oxygen atoms in total. The molecule has 0 N–H and O–H groups in total. The van der Waals surface area contributed by atoms with Crippen molar-refractivity contribution in [3.05, 3.63) is 0 Å². The maximum absolute atomic E-state index is 4.12. The van der Waals surface area contributed by atoms with Gasteiger partial charge in [-0.2, -0.15) is 0 Å². The van der Waals surface area contributed by atoms with Gasteiger partial charge in [-0.3, -0.25) is 0 Å². The van der Waals surface area contributed by atoms with Crippen molar-refractivity contribution in [3.8, 4) is 0 Å². The SMILES string of the molecule is CSSc1nnc(SSc2nnc(SSC)s2)s1. The van der Waals surface area contributed by atoms with E-state index >= 15 is 0 Å². The van der Waals surface area contributed by atoms with Crippen LogP contribution in [0, 0.1) is 0 Å². The molecule has 0 radical (unpaired) electrons. The van der Waals surface area contributed by atoms with Crippen LogP contribution in [-0.2, 0) is 0 Å². The fourth-order valence-corrected chi connectivity index (χ4v) is 8.65. The Morgan fingerprint density at radius 2 is 0.944 bits per heavy atom. The van der Waals surface area contributed by atoms with Gasteiger partial charge >= 0.3 is 0 Å². The number of aromatic nitrogens is 4. The zero-order chi connectivity index (χ0) is 12.8. The molecule has 2 aromatic heterocycles. The van der Waals surface area contributed by atoms with E-state index in [2.05, 4.69) is 20.4 Å². The van der Waals surface area contributed by atoms with Crippen molar-refractivity contribution in [1.29, 1.82) is 0 Å². The molecule has 0 spiro atoms. The summed E-state index contributed by atoms with van der Waals surface area (Å²) in [6.45, 7) is 0. The molecule has 98 valence electrons. The lowest BCUT2D eigenvalue weighted by Gasteiger charge is -1.89.